The summed E-state index contributed by atoms with van der Waals surface area (Å²) in [5, 5.41) is 7.92. The predicted octanol–water partition coefficient (Wildman–Crippen LogP) is 3.79. The largest absolute Gasteiger partial charge is 0.416 e. The summed E-state index contributed by atoms with van der Waals surface area (Å²) in [6, 6.07) is 8.15. The Balaban J connectivity index is 1.69. The Kier molecular flexibility index (Phi) is 4.69. The van der Waals surface area contributed by atoms with Crippen molar-refractivity contribution in [2.75, 3.05) is 11.9 Å². The first-order valence-electron chi connectivity index (χ1n) is 8.83. The SMILES string of the molecule is Cc1ccc(N(C)C(=O)c2cn3c(-c4ccc(C(F)(F)F)cc4)cnc3cn2)nn1. The molecule has 7 nitrogen and oxygen atoms in total. The molecule has 152 valence electrons. The van der Waals surface area contributed by atoms with Crippen LogP contribution in [0.25, 0.3) is 16.9 Å². The maximum Gasteiger partial charge on any atom is 0.416 e. The average Bonchev–Trinajstić information content (AvgIpc) is 3.16. The van der Waals surface area contributed by atoms with Gasteiger partial charge in [-0.1, -0.05) is 12.1 Å². The summed E-state index contributed by atoms with van der Waals surface area (Å²) < 4.78 is 40.1. The molecule has 10 heteroatoms. The number of benzene rings is 1. The summed E-state index contributed by atoms with van der Waals surface area (Å²) in [5.41, 5.74) is 1.63. The van der Waals surface area contributed by atoms with Crippen LogP contribution in [-0.2, 0) is 6.18 Å². The highest BCUT2D eigenvalue weighted by Crippen LogP contribution is 2.31. The fourth-order valence-electron chi connectivity index (χ4n) is 2.89. The van der Waals surface area contributed by atoms with Gasteiger partial charge in [0.25, 0.3) is 5.91 Å². The zero-order valence-electron chi connectivity index (χ0n) is 15.9. The molecule has 1 amide bonds. The standard InChI is InChI=1S/C20H15F3N6O/c1-12-3-8-17(27-26-12)28(2)19(30)15-11-29-16(9-25-18(29)10-24-15)13-4-6-14(7-5-13)20(21,22)23/h3-11H,1-2H3. The fraction of sp³-hybridized carbons (Fsp3) is 0.150. The van der Waals surface area contributed by atoms with Crippen LogP contribution in [0.3, 0.4) is 0 Å². The molecule has 3 heterocycles. The lowest BCUT2D eigenvalue weighted by Gasteiger charge is -2.15. The molecular weight excluding hydrogens is 397 g/mol. The van der Waals surface area contributed by atoms with E-state index < -0.39 is 17.6 Å². The smallest absolute Gasteiger partial charge is 0.296 e. The first-order valence-corrected chi connectivity index (χ1v) is 8.83. The van der Waals surface area contributed by atoms with E-state index in [9.17, 15) is 18.0 Å². The third kappa shape index (κ3) is 3.59. The topological polar surface area (TPSA) is 76.3 Å². The fourth-order valence-corrected chi connectivity index (χ4v) is 2.89. The van der Waals surface area contributed by atoms with Crippen molar-refractivity contribution in [1.29, 1.82) is 0 Å². The average molecular weight is 412 g/mol. The van der Waals surface area contributed by atoms with Gasteiger partial charge in [-0.25, -0.2) is 9.97 Å². The molecule has 4 rings (SSSR count). The molecule has 0 aliphatic heterocycles. The quantitative estimate of drug-likeness (QED) is 0.512. The summed E-state index contributed by atoms with van der Waals surface area (Å²) in [7, 11) is 1.55. The van der Waals surface area contributed by atoms with Crippen LogP contribution in [0.4, 0.5) is 19.0 Å². The van der Waals surface area contributed by atoms with Crippen molar-refractivity contribution in [3.8, 4) is 11.3 Å². The number of carbonyl (C=O) groups is 1. The van der Waals surface area contributed by atoms with Crippen LogP contribution in [-0.4, -0.2) is 37.5 Å². The van der Waals surface area contributed by atoms with Crippen molar-refractivity contribution in [2.24, 2.45) is 0 Å². The van der Waals surface area contributed by atoms with Crippen LogP contribution >= 0.6 is 0 Å². The molecular formula is C20H15F3N6O. The third-order valence-corrected chi connectivity index (χ3v) is 4.56. The van der Waals surface area contributed by atoms with E-state index in [4.69, 9.17) is 0 Å². The number of aryl methyl sites for hydroxylation is 1. The van der Waals surface area contributed by atoms with Gasteiger partial charge in [0, 0.05) is 18.8 Å². The van der Waals surface area contributed by atoms with E-state index in [1.807, 2.05) is 0 Å². The Morgan fingerprint density at radius 1 is 1.00 bits per heavy atom. The molecule has 30 heavy (non-hydrogen) atoms. The van der Waals surface area contributed by atoms with Gasteiger partial charge in [-0.3, -0.25) is 14.1 Å². The maximum absolute atomic E-state index is 12.8. The molecule has 0 saturated carbocycles. The second-order valence-electron chi connectivity index (χ2n) is 6.62. The first-order chi connectivity index (χ1) is 14.2. The Morgan fingerprint density at radius 3 is 2.37 bits per heavy atom. The van der Waals surface area contributed by atoms with Crippen LogP contribution in [0.5, 0.6) is 0 Å². The molecule has 0 fully saturated rings. The molecule has 0 N–H and O–H groups in total. The van der Waals surface area contributed by atoms with Gasteiger partial charge in [-0.2, -0.15) is 18.3 Å². The highest BCUT2D eigenvalue weighted by molar-refractivity contribution is 6.03. The summed E-state index contributed by atoms with van der Waals surface area (Å²) in [6.45, 7) is 1.79. The number of carbonyl (C=O) groups excluding carboxylic acids is 1. The Hall–Kier alpha value is -3.82. The number of hydrogen-bond donors (Lipinski definition) is 0. The van der Waals surface area contributed by atoms with Gasteiger partial charge in [0.2, 0.25) is 0 Å². The van der Waals surface area contributed by atoms with Gasteiger partial charge in [0.15, 0.2) is 11.5 Å². The van der Waals surface area contributed by atoms with Gasteiger partial charge < -0.3 is 0 Å². The number of imidazole rings is 1. The van der Waals surface area contributed by atoms with Gasteiger partial charge in [0.1, 0.15) is 5.69 Å². The molecule has 0 radical (unpaired) electrons. The molecule has 0 atom stereocenters. The molecule has 0 spiro atoms. The normalized spacial score (nSPS) is 11.6. The highest BCUT2D eigenvalue weighted by Gasteiger charge is 2.30. The van der Waals surface area contributed by atoms with E-state index >= 15 is 0 Å². The van der Waals surface area contributed by atoms with Crippen LogP contribution in [0.2, 0.25) is 0 Å². The van der Waals surface area contributed by atoms with E-state index in [-0.39, 0.29) is 5.69 Å². The van der Waals surface area contributed by atoms with Gasteiger partial charge in [-0.15, -0.1) is 5.10 Å². The van der Waals surface area contributed by atoms with Crippen LogP contribution < -0.4 is 4.90 Å². The highest BCUT2D eigenvalue weighted by atomic mass is 19.4. The monoisotopic (exact) mass is 412 g/mol. The van der Waals surface area contributed by atoms with Crippen molar-refractivity contribution in [1.82, 2.24) is 24.6 Å². The lowest BCUT2D eigenvalue weighted by molar-refractivity contribution is -0.137. The summed E-state index contributed by atoms with van der Waals surface area (Å²) in [6.07, 6.45) is 0.0271. The van der Waals surface area contributed by atoms with Crippen molar-refractivity contribution >= 4 is 17.4 Å². The van der Waals surface area contributed by atoms with Crippen LogP contribution in [0, 0.1) is 6.92 Å². The molecule has 0 saturated heterocycles. The van der Waals surface area contributed by atoms with Crippen LogP contribution in [0.15, 0.2) is 55.0 Å². The number of nitrogens with zero attached hydrogens (tertiary/aromatic N) is 6. The first kappa shape index (κ1) is 19.5. The number of amides is 1. The summed E-state index contributed by atoms with van der Waals surface area (Å²) in [4.78, 5) is 22.5. The van der Waals surface area contributed by atoms with E-state index in [1.54, 1.807) is 30.5 Å². The van der Waals surface area contributed by atoms with Gasteiger partial charge >= 0.3 is 6.18 Å². The third-order valence-electron chi connectivity index (χ3n) is 4.56. The molecule has 0 aliphatic carbocycles. The minimum atomic E-state index is -4.41. The number of hydrogen-bond acceptors (Lipinski definition) is 5. The second-order valence-corrected chi connectivity index (χ2v) is 6.62. The van der Waals surface area contributed by atoms with Gasteiger partial charge in [-0.05, 0) is 31.2 Å². The Labute approximate surface area is 168 Å². The van der Waals surface area contributed by atoms with E-state index in [2.05, 4.69) is 20.2 Å². The molecule has 3 aromatic heterocycles. The number of rotatable bonds is 3. The molecule has 1 aromatic carbocycles. The number of fused-ring (bicyclic) bond motifs is 1. The summed E-state index contributed by atoms with van der Waals surface area (Å²) >= 11 is 0. The van der Waals surface area contributed by atoms with Crippen molar-refractivity contribution in [2.45, 2.75) is 13.1 Å². The van der Waals surface area contributed by atoms with Crippen molar-refractivity contribution in [3.05, 3.63) is 71.9 Å². The predicted molar refractivity (Wildman–Crippen MR) is 103 cm³/mol. The lowest BCUT2D eigenvalue weighted by Crippen LogP contribution is -2.28. The van der Waals surface area contributed by atoms with E-state index in [0.29, 0.717) is 22.7 Å². The second kappa shape index (κ2) is 7.21. The minimum Gasteiger partial charge on any atom is -0.296 e. The summed E-state index contributed by atoms with van der Waals surface area (Å²) in [5.74, 6) is -0.0526. The molecule has 0 unspecified atom stereocenters. The Morgan fingerprint density at radius 2 is 1.73 bits per heavy atom. The minimum absolute atomic E-state index is 0.124. The number of alkyl halides is 3. The van der Waals surface area contributed by atoms with Crippen LogP contribution in [0.1, 0.15) is 21.7 Å². The maximum atomic E-state index is 12.8. The van der Waals surface area contributed by atoms with E-state index in [1.165, 1.54) is 35.6 Å². The molecule has 0 aliphatic rings. The molecule has 0 bridgehead atoms. The number of anilines is 1. The Bertz CT molecular complexity index is 1220. The number of halogens is 3. The van der Waals surface area contributed by atoms with E-state index in [0.717, 1.165) is 17.8 Å². The van der Waals surface area contributed by atoms with Crippen molar-refractivity contribution < 1.29 is 18.0 Å². The van der Waals surface area contributed by atoms with Crippen molar-refractivity contribution in [3.63, 3.8) is 0 Å². The van der Waals surface area contributed by atoms with Gasteiger partial charge in [0.05, 0.1) is 29.3 Å². The zero-order chi connectivity index (χ0) is 21.5. The zero-order valence-corrected chi connectivity index (χ0v) is 15.9. The lowest BCUT2D eigenvalue weighted by atomic mass is 10.1. The molecule has 4 aromatic rings. The number of aromatic nitrogens is 5.